The molecule has 0 radical (unpaired) electrons. The van der Waals surface area contributed by atoms with Crippen LogP contribution in [-0.2, 0) is 6.54 Å². The van der Waals surface area contributed by atoms with E-state index in [0.29, 0.717) is 12.5 Å². The van der Waals surface area contributed by atoms with Gasteiger partial charge in [0.05, 0.1) is 12.6 Å². The number of tetrazole rings is 1. The van der Waals surface area contributed by atoms with Crippen LogP contribution in [0.15, 0.2) is 18.2 Å². The fraction of sp³-hybridized carbons (Fsp3) is 0.632. The van der Waals surface area contributed by atoms with Crippen LogP contribution in [0.3, 0.4) is 0 Å². The molecule has 1 atom stereocenters. The second kappa shape index (κ2) is 9.07. The number of piperazine rings is 1. The molecular weight excluding hydrogens is 380 g/mol. The van der Waals surface area contributed by atoms with Crippen LogP contribution in [-0.4, -0.2) is 69.5 Å². The summed E-state index contributed by atoms with van der Waals surface area (Å²) >= 11 is 0. The molecule has 3 heterocycles. The Morgan fingerprint density at radius 2 is 1.82 bits per heavy atom. The van der Waals surface area contributed by atoms with E-state index in [9.17, 15) is 0 Å². The quantitative estimate of drug-likeness (QED) is 0.725. The molecule has 1 saturated heterocycles. The molecule has 0 N–H and O–H groups in total. The summed E-state index contributed by atoms with van der Waals surface area (Å²) in [5.41, 5.74) is 1.10. The molecule has 0 saturated carbocycles. The summed E-state index contributed by atoms with van der Waals surface area (Å²) in [7, 11) is 0. The Morgan fingerprint density at radius 3 is 2.54 bits per heavy atom. The fourth-order valence-corrected chi connectivity index (χ4v) is 3.99. The molecule has 9 heteroatoms. The molecule has 0 spiro atoms. The Bertz CT molecular complexity index is 776. The number of likely N-dealkylation sites (N-methyl/N-ethyl adjacent to an activating group) is 1. The minimum absolute atomic E-state index is 0. The van der Waals surface area contributed by atoms with Crippen molar-refractivity contribution in [2.75, 3.05) is 39.5 Å². The van der Waals surface area contributed by atoms with Crippen molar-refractivity contribution in [1.29, 1.82) is 0 Å². The largest absolute Gasteiger partial charge is 0.454 e. The third-order valence-electron chi connectivity index (χ3n) is 5.47. The van der Waals surface area contributed by atoms with Crippen molar-refractivity contribution in [1.82, 2.24) is 30.0 Å². The zero-order valence-electron chi connectivity index (χ0n) is 16.7. The van der Waals surface area contributed by atoms with Crippen LogP contribution in [0.5, 0.6) is 11.5 Å². The van der Waals surface area contributed by atoms with Crippen molar-refractivity contribution >= 4 is 12.4 Å². The van der Waals surface area contributed by atoms with Gasteiger partial charge in [-0.15, -0.1) is 17.5 Å². The van der Waals surface area contributed by atoms with Crippen LogP contribution in [0.4, 0.5) is 0 Å². The Morgan fingerprint density at radius 1 is 1.07 bits per heavy atom. The third kappa shape index (κ3) is 4.24. The number of rotatable bonds is 6. The first-order valence-electron chi connectivity index (χ1n) is 9.76. The average Bonchev–Trinajstić information content (AvgIpc) is 3.32. The second-order valence-electron chi connectivity index (χ2n) is 7.54. The summed E-state index contributed by atoms with van der Waals surface area (Å²) in [6, 6.07) is 6.22. The monoisotopic (exact) mass is 408 g/mol. The van der Waals surface area contributed by atoms with Crippen molar-refractivity contribution in [2.45, 2.75) is 33.4 Å². The lowest BCUT2D eigenvalue weighted by Crippen LogP contribution is -2.48. The van der Waals surface area contributed by atoms with Gasteiger partial charge in [-0.1, -0.05) is 26.8 Å². The highest BCUT2D eigenvalue weighted by atomic mass is 35.5. The predicted octanol–water partition coefficient (Wildman–Crippen LogP) is 2.21. The van der Waals surface area contributed by atoms with E-state index in [2.05, 4.69) is 46.1 Å². The van der Waals surface area contributed by atoms with Gasteiger partial charge in [0.2, 0.25) is 6.79 Å². The average molecular weight is 409 g/mol. The smallest absolute Gasteiger partial charge is 0.231 e. The molecule has 8 nitrogen and oxygen atoms in total. The molecule has 2 aromatic rings. The molecule has 0 amide bonds. The maximum absolute atomic E-state index is 5.49. The van der Waals surface area contributed by atoms with Crippen molar-refractivity contribution in [2.24, 2.45) is 5.92 Å². The number of benzene rings is 1. The van der Waals surface area contributed by atoms with Crippen LogP contribution in [0, 0.1) is 5.92 Å². The zero-order valence-corrected chi connectivity index (χ0v) is 17.6. The van der Waals surface area contributed by atoms with Crippen LogP contribution in [0.25, 0.3) is 0 Å². The van der Waals surface area contributed by atoms with Crippen LogP contribution in [0.2, 0.25) is 0 Å². The van der Waals surface area contributed by atoms with Crippen LogP contribution < -0.4 is 9.47 Å². The third-order valence-corrected chi connectivity index (χ3v) is 5.47. The number of aromatic nitrogens is 4. The van der Waals surface area contributed by atoms with Gasteiger partial charge in [-0.05, 0) is 40.6 Å². The summed E-state index contributed by atoms with van der Waals surface area (Å²) in [4.78, 5) is 5.02. The van der Waals surface area contributed by atoms with E-state index in [0.717, 1.165) is 55.6 Å². The standard InChI is InChI=1S/C19H28N6O2.ClH/c1-4-23-7-9-24(10-8-23)18(14(2)3)19-20-21-22-25(19)12-15-5-6-16-17(11-15)27-13-26-16;/h5-6,11,14,18H,4,7-10,12-13H2,1-3H3;1H. The summed E-state index contributed by atoms with van der Waals surface area (Å²) in [6.45, 7) is 13.0. The van der Waals surface area contributed by atoms with Gasteiger partial charge in [-0.3, -0.25) is 4.90 Å². The molecule has 1 aromatic heterocycles. The number of halogens is 1. The maximum atomic E-state index is 5.49. The molecule has 2 aliphatic heterocycles. The van der Waals surface area contributed by atoms with Gasteiger partial charge in [0.1, 0.15) is 0 Å². The highest BCUT2D eigenvalue weighted by Crippen LogP contribution is 2.33. The lowest BCUT2D eigenvalue weighted by molar-refractivity contribution is 0.0722. The Kier molecular flexibility index (Phi) is 6.74. The van der Waals surface area contributed by atoms with Gasteiger partial charge < -0.3 is 14.4 Å². The number of hydrogen-bond acceptors (Lipinski definition) is 7. The van der Waals surface area contributed by atoms with Crippen molar-refractivity contribution < 1.29 is 9.47 Å². The van der Waals surface area contributed by atoms with Gasteiger partial charge in [0.15, 0.2) is 17.3 Å². The van der Waals surface area contributed by atoms with Gasteiger partial charge in [-0.2, -0.15) is 0 Å². The number of ether oxygens (including phenoxy) is 2. The molecule has 1 unspecified atom stereocenters. The minimum Gasteiger partial charge on any atom is -0.454 e. The first kappa shape index (κ1) is 20.8. The molecular formula is C19H29ClN6O2. The van der Waals surface area contributed by atoms with Gasteiger partial charge >= 0.3 is 0 Å². The first-order valence-corrected chi connectivity index (χ1v) is 9.76. The highest BCUT2D eigenvalue weighted by Gasteiger charge is 2.31. The van der Waals surface area contributed by atoms with Gasteiger partial charge in [-0.25, -0.2) is 4.68 Å². The van der Waals surface area contributed by atoms with E-state index < -0.39 is 0 Å². The molecule has 0 bridgehead atoms. The number of nitrogens with zero attached hydrogens (tertiary/aromatic N) is 6. The van der Waals surface area contributed by atoms with E-state index in [1.807, 2.05) is 22.9 Å². The summed E-state index contributed by atoms with van der Waals surface area (Å²) in [5.74, 6) is 2.95. The molecule has 2 aliphatic rings. The lowest BCUT2D eigenvalue weighted by Gasteiger charge is -2.39. The van der Waals surface area contributed by atoms with Gasteiger partial charge in [0, 0.05) is 26.2 Å². The number of fused-ring (bicyclic) bond motifs is 1. The van der Waals surface area contributed by atoms with E-state index in [-0.39, 0.29) is 25.2 Å². The topological polar surface area (TPSA) is 68.5 Å². The van der Waals surface area contributed by atoms with E-state index in [4.69, 9.17) is 9.47 Å². The van der Waals surface area contributed by atoms with Crippen LogP contribution >= 0.6 is 12.4 Å². The second-order valence-corrected chi connectivity index (χ2v) is 7.54. The summed E-state index contributed by atoms with van der Waals surface area (Å²) < 4.78 is 12.8. The zero-order chi connectivity index (χ0) is 18.8. The maximum Gasteiger partial charge on any atom is 0.231 e. The van der Waals surface area contributed by atoms with E-state index in [1.165, 1.54) is 0 Å². The SMILES string of the molecule is CCN1CCN(C(c2nnnn2Cc2ccc3c(c2)OCO3)C(C)C)CC1.Cl. The van der Waals surface area contributed by atoms with Crippen molar-refractivity contribution in [3.05, 3.63) is 29.6 Å². The van der Waals surface area contributed by atoms with Gasteiger partial charge in [0.25, 0.3) is 0 Å². The highest BCUT2D eigenvalue weighted by molar-refractivity contribution is 5.85. The molecule has 1 aromatic carbocycles. The molecule has 1 fully saturated rings. The minimum atomic E-state index is 0. The molecule has 28 heavy (non-hydrogen) atoms. The summed E-state index contributed by atoms with van der Waals surface area (Å²) in [6.07, 6.45) is 0. The fourth-order valence-electron chi connectivity index (χ4n) is 3.99. The first-order chi connectivity index (χ1) is 13.2. The number of hydrogen-bond donors (Lipinski definition) is 0. The van der Waals surface area contributed by atoms with Crippen LogP contribution in [0.1, 0.15) is 38.2 Å². The Hall–Kier alpha value is -1.90. The Labute approximate surface area is 172 Å². The molecule has 154 valence electrons. The lowest BCUT2D eigenvalue weighted by atomic mass is 10.0. The van der Waals surface area contributed by atoms with E-state index in [1.54, 1.807) is 0 Å². The van der Waals surface area contributed by atoms with E-state index >= 15 is 0 Å². The summed E-state index contributed by atoms with van der Waals surface area (Å²) in [5, 5.41) is 12.7. The van der Waals surface area contributed by atoms with Crippen molar-refractivity contribution in [3.63, 3.8) is 0 Å². The normalized spacial score (nSPS) is 18.3. The van der Waals surface area contributed by atoms with Crippen molar-refractivity contribution in [3.8, 4) is 11.5 Å². The molecule has 4 rings (SSSR count). The predicted molar refractivity (Wildman–Crippen MR) is 108 cm³/mol. The Balaban J connectivity index is 0.00000225. The molecule has 0 aliphatic carbocycles.